The van der Waals surface area contributed by atoms with Crippen LogP contribution in [0.3, 0.4) is 0 Å². The number of benzene rings is 2. The number of amides is 1. The van der Waals surface area contributed by atoms with Crippen molar-refractivity contribution in [1.29, 1.82) is 0 Å². The number of aliphatic hydroxyl groups is 2. The summed E-state index contributed by atoms with van der Waals surface area (Å²) in [7, 11) is 0. The Labute approximate surface area is 219 Å². The molecule has 0 aliphatic rings. The van der Waals surface area contributed by atoms with Crippen LogP contribution in [-0.2, 0) is 11.3 Å². The molecule has 198 valence electrons. The van der Waals surface area contributed by atoms with Crippen molar-refractivity contribution in [3.63, 3.8) is 0 Å². The van der Waals surface area contributed by atoms with E-state index < -0.39 is 36.3 Å². The van der Waals surface area contributed by atoms with E-state index in [1.807, 2.05) is 13.8 Å². The van der Waals surface area contributed by atoms with Crippen molar-refractivity contribution in [2.75, 3.05) is 0 Å². The van der Waals surface area contributed by atoms with Crippen LogP contribution < -0.4 is 10.4 Å². The summed E-state index contributed by atoms with van der Waals surface area (Å²) in [6, 6.07) is 12.4. The van der Waals surface area contributed by atoms with Gasteiger partial charge in [-0.2, -0.15) is 5.10 Å². The standard InChI is InChI=1S/C28H29FN4O5/c1-17(2)26-24(12-11-22(34)14-23(35)15-25(36)37)33(21-9-7-19(29)8-10-21)32-27(26)28(38)31-16-18-5-4-6-20(13-18)30-3/h4-13,17,22-23,34-35H,14-16H2,1-2H3,(H,31,38)(H,36,37)/p-1/b12-11+/t22-,23-/m1/s1. The molecule has 1 heterocycles. The van der Waals surface area contributed by atoms with Crippen LogP contribution >= 0.6 is 0 Å². The van der Waals surface area contributed by atoms with E-state index in [-0.39, 0.29) is 24.6 Å². The van der Waals surface area contributed by atoms with Crippen LogP contribution in [0.1, 0.15) is 59.9 Å². The zero-order valence-electron chi connectivity index (χ0n) is 21.0. The van der Waals surface area contributed by atoms with Crippen molar-refractivity contribution in [3.05, 3.63) is 94.4 Å². The lowest BCUT2D eigenvalue weighted by molar-refractivity contribution is -0.307. The predicted molar refractivity (Wildman–Crippen MR) is 137 cm³/mol. The second-order valence-corrected chi connectivity index (χ2v) is 9.05. The van der Waals surface area contributed by atoms with E-state index in [9.17, 15) is 29.3 Å². The number of halogens is 1. The van der Waals surface area contributed by atoms with Gasteiger partial charge in [-0.25, -0.2) is 13.9 Å². The average molecular weight is 520 g/mol. The number of rotatable bonds is 11. The molecule has 10 heteroatoms. The Morgan fingerprint density at radius 3 is 2.55 bits per heavy atom. The van der Waals surface area contributed by atoms with Crippen molar-refractivity contribution >= 4 is 23.6 Å². The van der Waals surface area contributed by atoms with Gasteiger partial charge in [-0.1, -0.05) is 44.2 Å². The number of nitrogens with one attached hydrogen (secondary N) is 1. The van der Waals surface area contributed by atoms with Crippen molar-refractivity contribution < 1.29 is 29.3 Å². The molecule has 0 fully saturated rings. The number of aliphatic carboxylic acids is 1. The van der Waals surface area contributed by atoms with Crippen LogP contribution in [0.4, 0.5) is 10.1 Å². The maximum atomic E-state index is 13.6. The van der Waals surface area contributed by atoms with E-state index in [2.05, 4.69) is 15.3 Å². The third-order valence-corrected chi connectivity index (χ3v) is 5.71. The van der Waals surface area contributed by atoms with Gasteiger partial charge in [0.15, 0.2) is 11.4 Å². The number of hydrogen-bond acceptors (Lipinski definition) is 6. The highest BCUT2D eigenvalue weighted by molar-refractivity contribution is 5.95. The Hall–Kier alpha value is -4.33. The van der Waals surface area contributed by atoms with E-state index in [1.165, 1.54) is 41.1 Å². The summed E-state index contributed by atoms with van der Waals surface area (Å²) in [6.07, 6.45) is -0.416. The summed E-state index contributed by atoms with van der Waals surface area (Å²) in [4.78, 5) is 27.4. The maximum absolute atomic E-state index is 13.6. The van der Waals surface area contributed by atoms with Gasteiger partial charge < -0.3 is 25.4 Å². The fourth-order valence-electron chi connectivity index (χ4n) is 3.96. The quantitative estimate of drug-likeness (QED) is 0.334. The van der Waals surface area contributed by atoms with Gasteiger partial charge in [0, 0.05) is 30.9 Å². The number of carbonyl (C=O) groups is 2. The second-order valence-electron chi connectivity index (χ2n) is 9.05. The average Bonchev–Trinajstić information content (AvgIpc) is 3.26. The molecule has 0 radical (unpaired) electrons. The van der Waals surface area contributed by atoms with Crippen molar-refractivity contribution in [2.45, 2.75) is 51.4 Å². The first kappa shape index (κ1) is 28.2. The molecule has 38 heavy (non-hydrogen) atoms. The number of carbonyl (C=O) groups excluding carboxylic acids is 2. The summed E-state index contributed by atoms with van der Waals surface area (Å²) in [5, 5.41) is 38.2. The van der Waals surface area contributed by atoms with Crippen molar-refractivity contribution in [3.8, 4) is 5.69 Å². The normalized spacial score (nSPS) is 12.9. The van der Waals surface area contributed by atoms with Gasteiger partial charge in [-0.05, 0) is 41.8 Å². The van der Waals surface area contributed by atoms with E-state index in [4.69, 9.17) is 6.57 Å². The molecule has 1 amide bonds. The van der Waals surface area contributed by atoms with Crippen LogP contribution in [0.2, 0.25) is 0 Å². The van der Waals surface area contributed by atoms with Gasteiger partial charge >= 0.3 is 0 Å². The molecule has 3 rings (SSSR count). The Morgan fingerprint density at radius 2 is 1.92 bits per heavy atom. The Balaban J connectivity index is 1.97. The highest BCUT2D eigenvalue weighted by atomic mass is 19.1. The lowest BCUT2D eigenvalue weighted by Gasteiger charge is -2.14. The molecule has 0 saturated heterocycles. The Bertz CT molecular complexity index is 1360. The molecule has 0 aliphatic carbocycles. The monoisotopic (exact) mass is 519 g/mol. The highest BCUT2D eigenvalue weighted by Gasteiger charge is 2.25. The number of aromatic nitrogens is 2. The summed E-state index contributed by atoms with van der Waals surface area (Å²) < 4.78 is 15.1. The molecule has 2 aromatic carbocycles. The lowest BCUT2D eigenvalue weighted by atomic mass is 9.98. The summed E-state index contributed by atoms with van der Waals surface area (Å²) in [5.74, 6) is -2.51. The molecule has 3 N–H and O–H groups in total. The van der Waals surface area contributed by atoms with Gasteiger partial charge in [-0.3, -0.25) is 4.79 Å². The molecule has 3 aromatic rings. The molecule has 2 atom stereocenters. The number of aliphatic hydroxyl groups excluding tert-OH is 2. The van der Waals surface area contributed by atoms with E-state index in [0.29, 0.717) is 22.6 Å². The molecule has 0 aliphatic heterocycles. The summed E-state index contributed by atoms with van der Waals surface area (Å²) in [5.41, 5.74) is 2.84. The summed E-state index contributed by atoms with van der Waals surface area (Å²) in [6.45, 7) is 11.1. The predicted octanol–water partition coefficient (Wildman–Crippen LogP) is 2.88. The molecule has 0 unspecified atom stereocenters. The second kappa shape index (κ2) is 12.8. The lowest BCUT2D eigenvalue weighted by Crippen LogP contribution is -2.29. The fraction of sp³-hybridized carbons (Fsp3) is 0.286. The minimum Gasteiger partial charge on any atom is -0.550 e. The fourth-order valence-corrected chi connectivity index (χ4v) is 3.96. The van der Waals surface area contributed by atoms with Gasteiger partial charge in [0.1, 0.15) is 5.82 Å². The first-order valence-corrected chi connectivity index (χ1v) is 12.0. The Morgan fingerprint density at radius 1 is 1.21 bits per heavy atom. The van der Waals surface area contributed by atoms with Crippen LogP contribution in [0.15, 0.2) is 54.6 Å². The molecular weight excluding hydrogens is 491 g/mol. The first-order valence-electron chi connectivity index (χ1n) is 12.0. The number of carboxylic acids is 1. The van der Waals surface area contributed by atoms with Crippen LogP contribution in [-0.4, -0.2) is 44.1 Å². The summed E-state index contributed by atoms with van der Waals surface area (Å²) >= 11 is 0. The third kappa shape index (κ3) is 7.35. The van der Waals surface area contributed by atoms with Gasteiger partial charge in [-0.15, -0.1) is 0 Å². The third-order valence-electron chi connectivity index (χ3n) is 5.71. The molecule has 9 nitrogen and oxygen atoms in total. The minimum absolute atomic E-state index is 0.136. The van der Waals surface area contributed by atoms with Gasteiger partial charge in [0.2, 0.25) is 0 Å². The Kier molecular flexibility index (Phi) is 9.49. The van der Waals surface area contributed by atoms with Crippen LogP contribution in [0.5, 0.6) is 0 Å². The number of nitrogens with zero attached hydrogens (tertiary/aromatic N) is 3. The van der Waals surface area contributed by atoms with Gasteiger partial charge in [0.25, 0.3) is 5.91 Å². The van der Waals surface area contributed by atoms with E-state index >= 15 is 0 Å². The smallest absolute Gasteiger partial charge is 0.272 e. The maximum Gasteiger partial charge on any atom is 0.272 e. The highest BCUT2D eigenvalue weighted by Crippen LogP contribution is 2.28. The molecule has 0 bridgehead atoms. The zero-order valence-corrected chi connectivity index (χ0v) is 21.0. The van der Waals surface area contributed by atoms with E-state index in [1.54, 1.807) is 24.3 Å². The first-order chi connectivity index (χ1) is 18.1. The zero-order chi connectivity index (χ0) is 27.8. The molecule has 1 aromatic heterocycles. The largest absolute Gasteiger partial charge is 0.550 e. The molecule has 0 spiro atoms. The van der Waals surface area contributed by atoms with Gasteiger partial charge in [0.05, 0.1) is 30.2 Å². The van der Waals surface area contributed by atoms with Crippen molar-refractivity contribution in [1.82, 2.24) is 15.1 Å². The van der Waals surface area contributed by atoms with E-state index in [0.717, 1.165) is 5.56 Å². The minimum atomic E-state index is -1.43. The molecule has 0 saturated carbocycles. The van der Waals surface area contributed by atoms with Crippen molar-refractivity contribution in [2.24, 2.45) is 0 Å². The molecular formula is C28H28FN4O5-. The van der Waals surface area contributed by atoms with Crippen LogP contribution in [0, 0.1) is 12.4 Å². The number of carboxylic acid groups (broad SMARTS) is 1. The van der Waals surface area contributed by atoms with Crippen LogP contribution in [0.25, 0.3) is 16.6 Å². The topological polar surface area (TPSA) is 132 Å². The SMILES string of the molecule is [C-]#[N+]c1cccc(CNC(=O)c2nn(-c3ccc(F)cc3)c(/C=C/[C@@H](O)C[C@@H](O)CC(=O)[O-])c2C(C)C)c1. The number of hydrogen-bond donors (Lipinski definition) is 3.